The average Bonchev–Trinajstić information content (AvgIpc) is 1.95. The molecule has 0 unspecified atom stereocenters. The van der Waals surface area contributed by atoms with Crippen LogP contribution in [-0.4, -0.2) is 12.1 Å². The number of nitrogens with one attached hydrogen (secondary N) is 1. The summed E-state index contributed by atoms with van der Waals surface area (Å²) in [6, 6.07) is 2.15. The van der Waals surface area contributed by atoms with Crippen LogP contribution in [0.4, 0.5) is 0 Å². The van der Waals surface area contributed by atoms with Crippen LogP contribution in [0.15, 0.2) is 0 Å². The second-order valence-electron chi connectivity index (χ2n) is 3.32. The summed E-state index contributed by atoms with van der Waals surface area (Å²) < 4.78 is 0. The van der Waals surface area contributed by atoms with Crippen LogP contribution in [0.3, 0.4) is 0 Å². The van der Waals surface area contributed by atoms with Crippen molar-refractivity contribution in [3.05, 3.63) is 0 Å². The highest BCUT2D eigenvalue weighted by Gasteiger charge is 2.33. The first kappa shape index (κ1) is 8.55. The second-order valence-corrected chi connectivity index (χ2v) is 3.32. The summed E-state index contributed by atoms with van der Waals surface area (Å²) in [5, 5.41) is 11.8. The van der Waals surface area contributed by atoms with Gasteiger partial charge in [0, 0.05) is 18.5 Å². The van der Waals surface area contributed by atoms with Gasteiger partial charge >= 0.3 is 0 Å². The maximum Gasteiger partial charge on any atom is 0.0635 e. The summed E-state index contributed by atoms with van der Waals surface area (Å²) in [6.45, 7) is 3.09. The maximum absolute atomic E-state index is 8.34. The van der Waals surface area contributed by atoms with E-state index in [0.29, 0.717) is 12.0 Å². The molecule has 0 spiro atoms. The van der Waals surface area contributed by atoms with Gasteiger partial charge in [-0.05, 0) is 25.7 Å². The Morgan fingerprint density at radius 2 is 2.27 bits per heavy atom. The third kappa shape index (κ3) is 1.94. The molecule has 1 N–H and O–H groups in total. The first-order chi connectivity index (χ1) is 5.33. The van der Waals surface area contributed by atoms with E-state index in [1.807, 2.05) is 0 Å². The lowest BCUT2D eigenvalue weighted by atomic mass is 9.75. The summed E-state index contributed by atoms with van der Waals surface area (Å²) in [4.78, 5) is 0. The molecule has 0 aromatic heterocycles. The van der Waals surface area contributed by atoms with Crippen molar-refractivity contribution < 1.29 is 0 Å². The summed E-state index contributed by atoms with van der Waals surface area (Å²) in [6.07, 6.45) is 5.80. The van der Waals surface area contributed by atoms with Crippen molar-refractivity contribution in [2.45, 2.75) is 44.6 Å². The molecule has 0 aromatic carbocycles. The summed E-state index contributed by atoms with van der Waals surface area (Å²) in [5.41, 5.74) is 0.414. The van der Waals surface area contributed by atoms with E-state index in [1.165, 1.54) is 25.7 Å². The highest BCUT2D eigenvalue weighted by atomic mass is 15.0. The number of rotatable bonds is 4. The molecule has 0 atom stereocenters. The fraction of sp³-hybridized carbons (Fsp3) is 0.889. The zero-order valence-electron chi connectivity index (χ0n) is 7.19. The standard InChI is InChI=1S/C9H16N2/c1-2-9(5-3-6-9)11-8-4-7-10/h11H,2-6,8H2,1H3. The number of hydrogen-bond donors (Lipinski definition) is 1. The van der Waals surface area contributed by atoms with E-state index in [9.17, 15) is 0 Å². The van der Waals surface area contributed by atoms with Crippen LogP contribution in [0.1, 0.15) is 39.0 Å². The normalized spacial score (nSPS) is 20.4. The minimum absolute atomic E-state index is 0.414. The van der Waals surface area contributed by atoms with Crippen LogP contribution in [0.5, 0.6) is 0 Å². The van der Waals surface area contributed by atoms with Crippen LogP contribution in [0, 0.1) is 11.3 Å². The Hall–Kier alpha value is -0.550. The maximum atomic E-state index is 8.34. The van der Waals surface area contributed by atoms with Gasteiger partial charge < -0.3 is 5.32 Å². The molecule has 62 valence electrons. The van der Waals surface area contributed by atoms with Crippen molar-refractivity contribution in [3.8, 4) is 6.07 Å². The van der Waals surface area contributed by atoms with Gasteiger partial charge in [-0.25, -0.2) is 0 Å². The molecule has 11 heavy (non-hydrogen) atoms. The van der Waals surface area contributed by atoms with Crippen LogP contribution < -0.4 is 5.32 Å². The molecule has 2 nitrogen and oxygen atoms in total. The molecule has 1 aliphatic carbocycles. The molecule has 0 saturated heterocycles. The predicted octanol–water partition coefficient (Wildman–Crippen LogP) is 1.82. The minimum Gasteiger partial charge on any atom is -0.310 e. The molecular weight excluding hydrogens is 136 g/mol. The van der Waals surface area contributed by atoms with Crippen molar-refractivity contribution in [2.24, 2.45) is 0 Å². The van der Waals surface area contributed by atoms with Gasteiger partial charge in [0.1, 0.15) is 0 Å². The second kappa shape index (κ2) is 3.73. The Kier molecular flexibility index (Phi) is 2.90. The first-order valence-corrected chi connectivity index (χ1v) is 4.45. The minimum atomic E-state index is 0.414. The molecule has 2 heteroatoms. The van der Waals surface area contributed by atoms with Gasteiger partial charge in [-0.3, -0.25) is 0 Å². The third-order valence-electron chi connectivity index (χ3n) is 2.72. The molecule has 1 fully saturated rings. The Bertz CT molecular complexity index is 148. The highest BCUT2D eigenvalue weighted by Crippen LogP contribution is 2.34. The largest absolute Gasteiger partial charge is 0.310 e. The van der Waals surface area contributed by atoms with E-state index in [-0.39, 0.29) is 0 Å². The number of hydrogen-bond acceptors (Lipinski definition) is 2. The van der Waals surface area contributed by atoms with Gasteiger partial charge in [-0.1, -0.05) is 6.92 Å². The van der Waals surface area contributed by atoms with E-state index in [1.54, 1.807) is 0 Å². The van der Waals surface area contributed by atoms with E-state index in [2.05, 4.69) is 18.3 Å². The Balaban J connectivity index is 2.17. The van der Waals surface area contributed by atoms with Crippen molar-refractivity contribution in [2.75, 3.05) is 6.54 Å². The van der Waals surface area contributed by atoms with Gasteiger partial charge in [0.2, 0.25) is 0 Å². The molecule has 0 bridgehead atoms. The van der Waals surface area contributed by atoms with Crippen LogP contribution in [0.25, 0.3) is 0 Å². The van der Waals surface area contributed by atoms with E-state index in [0.717, 1.165) is 6.54 Å². The van der Waals surface area contributed by atoms with Crippen molar-refractivity contribution in [1.29, 1.82) is 5.26 Å². The summed E-state index contributed by atoms with van der Waals surface area (Å²) >= 11 is 0. The van der Waals surface area contributed by atoms with E-state index >= 15 is 0 Å². The molecule has 0 radical (unpaired) electrons. The molecular formula is C9H16N2. The van der Waals surface area contributed by atoms with Gasteiger partial charge in [-0.2, -0.15) is 5.26 Å². The Morgan fingerprint density at radius 1 is 1.55 bits per heavy atom. The van der Waals surface area contributed by atoms with E-state index in [4.69, 9.17) is 5.26 Å². The summed E-state index contributed by atoms with van der Waals surface area (Å²) in [7, 11) is 0. The first-order valence-electron chi connectivity index (χ1n) is 4.45. The highest BCUT2D eigenvalue weighted by molar-refractivity contribution is 4.95. The lowest BCUT2D eigenvalue weighted by Crippen LogP contribution is -2.50. The zero-order valence-corrected chi connectivity index (χ0v) is 7.19. The van der Waals surface area contributed by atoms with Crippen molar-refractivity contribution in [3.63, 3.8) is 0 Å². The quantitative estimate of drug-likeness (QED) is 0.624. The molecule has 0 amide bonds. The van der Waals surface area contributed by atoms with Crippen LogP contribution >= 0.6 is 0 Å². The fourth-order valence-corrected chi connectivity index (χ4v) is 1.64. The lowest BCUT2D eigenvalue weighted by molar-refractivity contribution is 0.179. The number of nitriles is 1. The SMILES string of the molecule is CCC1(NCCC#N)CCC1. The predicted molar refractivity (Wildman–Crippen MR) is 45.1 cm³/mol. The lowest BCUT2D eigenvalue weighted by Gasteiger charge is -2.42. The molecule has 0 heterocycles. The van der Waals surface area contributed by atoms with Crippen molar-refractivity contribution >= 4 is 0 Å². The van der Waals surface area contributed by atoms with Gasteiger partial charge in [0.15, 0.2) is 0 Å². The van der Waals surface area contributed by atoms with Gasteiger partial charge in [-0.15, -0.1) is 0 Å². The van der Waals surface area contributed by atoms with Gasteiger partial charge in [0.05, 0.1) is 6.07 Å². The molecule has 0 aliphatic heterocycles. The van der Waals surface area contributed by atoms with Crippen molar-refractivity contribution in [1.82, 2.24) is 5.32 Å². The molecule has 1 aliphatic rings. The zero-order chi connectivity index (χ0) is 8.16. The van der Waals surface area contributed by atoms with Gasteiger partial charge in [0.25, 0.3) is 0 Å². The smallest absolute Gasteiger partial charge is 0.0635 e. The Morgan fingerprint density at radius 3 is 2.64 bits per heavy atom. The summed E-state index contributed by atoms with van der Waals surface area (Å²) in [5.74, 6) is 0. The fourth-order valence-electron chi connectivity index (χ4n) is 1.64. The van der Waals surface area contributed by atoms with E-state index < -0.39 is 0 Å². The molecule has 1 saturated carbocycles. The topological polar surface area (TPSA) is 35.8 Å². The van der Waals surface area contributed by atoms with Crippen LogP contribution in [0.2, 0.25) is 0 Å². The molecule has 1 rings (SSSR count). The average molecular weight is 152 g/mol. The van der Waals surface area contributed by atoms with Crippen LogP contribution in [-0.2, 0) is 0 Å². The third-order valence-corrected chi connectivity index (χ3v) is 2.72. The molecule has 0 aromatic rings. The Labute approximate surface area is 68.6 Å². The number of nitrogens with zero attached hydrogens (tertiary/aromatic N) is 1. The monoisotopic (exact) mass is 152 g/mol.